The number of benzene rings is 1. The summed E-state index contributed by atoms with van der Waals surface area (Å²) in [6, 6.07) is 7.91. The molecule has 3 N–H and O–H groups in total. The SMILES string of the molecule is C[C@H]1CN(c2ccccc2N)CC[C@H]1O. The molecule has 1 aromatic carbocycles. The summed E-state index contributed by atoms with van der Waals surface area (Å²) in [5.74, 6) is 0.318. The van der Waals surface area contributed by atoms with Crippen molar-refractivity contribution < 1.29 is 5.11 Å². The van der Waals surface area contributed by atoms with Crippen LogP contribution in [0.4, 0.5) is 11.4 Å². The van der Waals surface area contributed by atoms with Crippen molar-refractivity contribution in [2.45, 2.75) is 19.4 Å². The van der Waals surface area contributed by atoms with Gasteiger partial charge in [0.15, 0.2) is 0 Å². The Morgan fingerprint density at radius 1 is 1.40 bits per heavy atom. The van der Waals surface area contributed by atoms with E-state index in [1.807, 2.05) is 24.3 Å². The standard InChI is InChI=1S/C12H18N2O/c1-9-8-14(7-6-12(9)15)11-5-3-2-4-10(11)13/h2-5,9,12,15H,6-8,13H2,1H3/t9-,12+/m0/s1. The van der Waals surface area contributed by atoms with Crippen LogP contribution < -0.4 is 10.6 Å². The number of aliphatic hydroxyl groups is 1. The molecule has 0 radical (unpaired) electrons. The van der Waals surface area contributed by atoms with E-state index in [9.17, 15) is 5.11 Å². The number of hydrogen-bond acceptors (Lipinski definition) is 3. The van der Waals surface area contributed by atoms with Gasteiger partial charge in [-0.1, -0.05) is 19.1 Å². The van der Waals surface area contributed by atoms with Gasteiger partial charge in [0.1, 0.15) is 0 Å². The number of para-hydroxylation sites is 2. The van der Waals surface area contributed by atoms with E-state index < -0.39 is 0 Å². The monoisotopic (exact) mass is 206 g/mol. The van der Waals surface area contributed by atoms with Crippen molar-refractivity contribution in [3.05, 3.63) is 24.3 Å². The molecule has 0 aromatic heterocycles. The highest BCUT2D eigenvalue weighted by Crippen LogP contribution is 2.27. The van der Waals surface area contributed by atoms with Crippen LogP contribution in [-0.2, 0) is 0 Å². The van der Waals surface area contributed by atoms with Crippen molar-refractivity contribution in [2.24, 2.45) is 5.92 Å². The summed E-state index contributed by atoms with van der Waals surface area (Å²) in [6.45, 7) is 3.85. The maximum atomic E-state index is 9.65. The highest BCUT2D eigenvalue weighted by molar-refractivity contribution is 5.67. The first-order valence-electron chi connectivity index (χ1n) is 5.46. The number of anilines is 2. The molecule has 1 aliphatic rings. The molecule has 1 aliphatic heterocycles. The van der Waals surface area contributed by atoms with Crippen molar-refractivity contribution in [3.63, 3.8) is 0 Å². The molecule has 1 fully saturated rings. The predicted octanol–water partition coefficient (Wildman–Crippen LogP) is 1.48. The van der Waals surface area contributed by atoms with Gasteiger partial charge in [0.2, 0.25) is 0 Å². The molecule has 0 unspecified atom stereocenters. The molecule has 2 rings (SSSR count). The zero-order valence-electron chi connectivity index (χ0n) is 9.06. The Kier molecular flexibility index (Phi) is 2.82. The second kappa shape index (κ2) is 4.11. The average Bonchev–Trinajstić information content (AvgIpc) is 2.23. The third-order valence-electron chi connectivity index (χ3n) is 3.14. The first-order chi connectivity index (χ1) is 7.18. The second-order valence-electron chi connectivity index (χ2n) is 4.34. The molecule has 1 heterocycles. The average molecular weight is 206 g/mol. The maximum absolute atomic E-state index is 9.65. The molecule has 2 atom stereocenters. The van der Waals surface area contributed by atoms with E-state index in [1.165, 1.54) is 0 Å². The molecular weight excluding hydrogens is 188 g/mol. The lowest BCUT2D eigenvalue weighted by Crippen LogP contribution is -2.42. The van der Waals surface area contributed by atoms with Crippen LogP contribution in [0.15, 0.2) is 24.3 Å². The quantitative estimate of drug-likeness (QED) is 0.684. The lowest BCUT2D eigenvalue weighted by Gasteiger charge is -2.36. The normalized spacial score (nSPS) is 26.7. The lowest BCUT2D eigenvalue weighted by molar-refractivity contribution is 0.0971. The minimum atomic E-state index is -0.161. The van der Waals surface area contributed by atoms with Crippen molar-refractivity contribution in [1.29, 1.82) is 0 Å². The molecule has 3 heteroatoms. The van der Waals surface area contributed by atoms with Gasteiger partial charge < -0.3 is 15.7 Å². The summed E-state index contributed by atoms with van der Waals surface area (Å²) >= 11 is 0. The van der Waals surface area contributed by atoms with Crippen LogP contribution in [0.3, 0.4) is 0 Å². The summed E-state index contributed by atoms with van der Waals surface area (Å²) in [5.41, 5.74) is 7.84. The molecule has 15 heavy (non-hydrogen) atoms. The summed E-state index contributed by atoms with van der Waals surface area (Å²) in [5, 5.41) is 9.65. The van der Waals surface area contributed by atoms with E-state index in [0.29, 0.717) is 5.92 Å². The summed E-state index contributed by atoms with van der Waals surface area (Å²) in [6.07, 6.45) is 0.668. The smallest absolute Gasteiger partial charge is 0.0600 e. The van der Waals surface area contributed by atoms with Gasteiger partial charge in [-0.05, 0) is 24.5 Å². The number of nitrogens with zero attached hydrogens (tertiary/aromatic N) is 1. The number of hydrogen-bond donors (Lipinski definition) is 2. The molecular formula is C12H18N2O. The molecule has 0 amide bonds. The first kappa shape index (κ1) is 10.3. The second-order valence-corrected chi connectivity index (χ2v) is 4.34. The summed E-state index contributed by atoms with van der Waals surface area (Å²) in [7, 11) is 0. The number of piperidine rings is 1. The van der Waals surface area contributed by atoms with Gasteiger partial charge in [0.05, 0.1) is 17.5 Å². The first-order valence-corrected chi connectivity index (χ1v) is 5.46. The highest BCUT2D eigenvalue weighted by Gasteiger charge is 2.24. The third kappa shape index (κ3) is 2.07. The van der Waals surface area contributed by atoms with E-state index in [0.717, 1.165) is 30.9 Å². The molecule has 0 aliphatic carbocycles. The van der Waals surface area contributed by atoms with Crippen molar-refractivity contribution in [1.82, 2.24) is 0 Å². The van der Waals surface area contributed by atoms with Crippen LogP contribution in [0.2, 0.25) is 0 Å². The fraction of sp³-hybridized carbons (Fsp3) is 0.500. The van der Waals surface area contributed by atoms with E-state index >= 15 is 0 Å². The number of rotatable bonds is 1. The fourth-order valence-electron chi connectivity index (χ4n) is 2.13. The Balaban J connectivity index is 2.15. The molecule has 1 aromatic rings. The number of nitrogen functional groups attached to an aromatic ring is 1. The van der Waals surface area contributed by atoms with Crippen LogP contribution in [0.25, 0.3) is 0 Å². The fourth-order valence-corrected chi connectivity index (χ4v) is 2.13. The van der Waals surface area contributed by atoms with Crippen LogP contribution >= 0.6 is 0 Å². The molecule has 0 bridgehead atoms. The largest absolute Gasteiger partial charge is 0.397 e. The Morgan fingerprint density at radius 3 is 2.80 bits per heavy atom. The molecule has 1 saturated heterocycles. The minimum Gasteiger partial charge on any atom is -0.397 e. The van der Waals surface area contributed by atoms with Gasteiger partial charge in [0.25, 0.3) is 0 Å². The van der Waals surface area contributed by atoms with E-state index in [2.05, 4.69) is 11.8 Å². The topological polar surface area (TPSA) is 49.5 Å². The lowest BCUT2D eigenvalue weighted by atomic mass is 9.96. The molecule has 3 nitrogen and oxygen atoms in total. The number of nitrogens with two attached hydrogens (primary N) is 1. The van der Waals surface area contributed by atoms with E-state index in [4.69, 9.17) is 5.73 Å². The predicted molar refractivity (Wildman–Crippen MR) is 62.9 cm³/mol. The van der Waals surface area contributed by atoms with Gasteiger partial charge in [-0.15, -0.1) is 0 Å². The molecule has 82 valence electrons. The molecule has 0 saturated carbocycles. The van der Waals surface area contributed by atoms with Gasteiger partial charge in [-0.25, -0.2) is 0 Å². The van der Waals surface area contributed by atoms with Crippen molar-refractivity contribution >= 4 is 11.4 Å². The highest BCUT2D eigenvalue weighted by atomic mass is 16.3. The Hall–Kier alpha value is -1.22. The van der Waals surface area contributed by atoms with Crippen molar-refractivity contribution in [2.75, 3.05) is 23.7 Å². The van der Waals surface area contributed by atoms with Crippen LogP contribution in [-0.4, -0.2) is 24.3 Å². The maximum Gasteiger partial charge on any atom is 0.0600 e. The third-order valence-corrected chi connectivity index (χ3v) is 3.14. The van der Waals surface area contributed by atoms with Gasteiger partial charge >= 0.3 is 0 Å². The summed E-state index contributed by atoms with van der Waals surface area (Å²) in [4.78, 5) is 2.26. The van der Waals surface area contributed by atoms with Crippen molar-refractivity contribution in [3.8, 4) is 0 Å². The summed E-state index contributed by atoms with van der Waals surface area (Å²) < 4.78 is 0. The Morgan fingerprint density at radius 2 is 2.13 bits per heavy atom. The van der Waals surface area contributed by atoms with E-state index in [-0.39, 0.29) is 6.10 Å². The number of aliphatic hydroxyl groups excluding tert-OH is 1. The zero-order valence-corrected chi connectivity index (χ0v) is 9.06. The van der Waals surface area contributed by atoms with Gasteiger partial charge in [-0.3, -0.25) is 0 Å². The Bertz CT molecular complexity index is 340. The zero-order chi connectivity index (χ0) is 10.8. The van der Waals surface area contributed by atoms with Crippen LogP contribution in [0.1, 0.15) is 13.3 Å². The molecule has 0 spiro atoms. The van der Waals surface area contributed by atoms with Gasteiger partial charge in [-0.2, -0.15) is 0 Å². The van der Waals surface area contributed by atoms with Gasteiger partial charge in [0, 0.05) is 13.1 Å². The van der Waals surface area contributed by atoms with Crippen LogP contribution in [0, 0.1) is 5.92 Å². The minimum absolute atomic E-state index is 0.161. The van der Waals surface area contributed by atoms with E-state index in [1.54, 1.807) is 0 Å². The van der Waals surface area contributed by atoms with Crippen LogP contribution in [0.5, 0.6) is 0 Å². The Labute approximate surface area is 90.5 Å².